The summed E-state index contributed by atoms with van der Waals surface area (Å²) in [5.41, 5.74) is 0.540. The number of rotatable bonds is 2. The van der Waals surface area contributed by atoms with E-state index in [-0.39, 0.29) is 5.56 Å². The van der Waals surface area contributed by atoms with Gasteiger partial charge in [0.15, 0.2) is 4.47 Å². The van der Waals surface area contributed by atoms with Gasteiger partial charge in [-0.3, -0.25) is 4.79 Å². The Labute approximate surface area is 110 Å². The molecule has 3 aromatic rings. The zero-order valence-electron chi connectivity index (χ0n) is 9.24. The Balaban J connectivity index is 2.16. The zero-order chi connectivity index (χ0) is 12.7. The lowest BCUT2D eigenvalue weighted by Crippen LogP contribution is -2.20. The van der Waals surface area contributed by atoms with E-state index in [9.17, 15) is 4.79 Å². The average molecular weight is 283 g/mol. The molecule has 0 unspecified atom stereocenters. The Morgan fingerprint density at radius 2 is 2.33 bits per heavy atom. The molecule has 3 rings (SSSR count). The van der Waals surface area contributed by atoms with Gasteiger partial charge in [-0.1, -0.05) is 16.7 Å². The highest BCUT2D eigenvalue weighted by Gasteiger charge is 2.10. The van der Waals surface area contributed by atoms with Gasteiger partial charge in [0.1, 0.15) is 0 Å². The quantitative estimate of drug-likeness (QED) is 0.693. The lowest BCUT2D eigenvalue weighted by molar-refractivity contribution is 0.731. The molecule has 0 saturated carbocycles. The minimum atomic E-state index is -0.244. The van der Waals surface area contributed by atoms with Crippen molar-refractivity contribution in [3.8, 4) is 0 Å². The Morgan fingerprint density at radius 1 is 1.50 bits per heavy atom. The predicted molar refractivity (Wildman–Crippen MR) is 66.0 cm³/mol. The van der Waals surface area contributed by atoms with Crippen LogP contribution < -0.4 is 5.56 Å². The Hall–Kier alpha value is -1.80. The lowest BCUT2D eigenvalue weighted by atomic mass is 10.4. The maximum absolute atomic E-state index is 11.6. The van der Waals surface area contributed by atoms with Crippen molar-refractivity contribution >= 4 is 28.7 Å². The maximum atomic E-state index is 11.6. The molecule has 0 N–H and O–H groups in total. The first-order chi connectivity index (χ1) is 8.65. The van der Waals surface area contributed by atoms with Crippen molar-refractivity contribution < 1.29 is 0 Å². The fraction of sp³-hybridized carbons (Fsp3) is 0.222. The smallest absolute Gasteiger partial charge is 0.277 e. The molecule has 92 valence electrons. The largest absolute Gasteiger partial charge is 0.308 e. The molecule has 0 atom stereocenters. The van der Waals surface area contributed by atoms with Crippen molar-refractivity contribution in [1.82, 2.24) is 29.6 Å². The summed E-state index contributed by atoms with van der Waals surface area (Å²) in [7, 11) is 0. The van der Waals surface area contributed by atoms with Crippen LogP contribution in [0.3, 0.4) is 0 Å². The van der Waals surface area contributed by atoms with E-state index in [0.29, 0.717) is 16.8 Å². The molecular weight excluding hydrogens is 276 g/mol. The van der Waals surface area contributed by atoms with E-state index in [1.165, 1.54) is 17.4 Å². The van der Waals surface area contributed by atoms with Crippen LogP contribution in [-0.2, 0) is 6.54 Å². The second-order valence-electron chi connectivity index (χ2n) is 3.68. The van der Waals surface area contributed by atoms with Crippen LogP contribution in [0.5, 0.6) is 0 Å². The number of thiazole rings is 1. The molecule has 0 aliphatic rings. The van der Waals surface area contributed by atoms with Crippen molar-refractivity contribution in [2.45, 2.75) is 13.5 Å². The van der Waals surface area contributed by atoms with Crippen LogP contribution >= 0.6 is 22.9 Å². The summed E-state index contributed by atoms with van der Waals surface area (Å²) >= 11 is 7.18. The number of hydrogen-bond donors (Lipinski definition) is 0. The summed E-state index contributed by atoms with van der Waals surface area (Å²) in [5, 5.41) is 11.0. The van der Waals surface area contributed by atoms with E-state index in [1.807, 2.05) is 11.5 Å². The van der Waals surface area contributed by atoms with Gasteiger partial charge in [0.2, 0.25) is 0 Å². The third-order valence-corrected chi connectivity index (χ3v) is 3.60. The molecular formula is C9H7ClN6OS. The molecule has 0 fully saturated rings. The summed E-state index contributed by atoms with van der Waals surface area (Å²) in [6.45, 7) is 2.36. The number of aromatic nitrogens is 6. The van der Waals surface area contributed by atoms with Crippen molar-refractivity contribution in [2.24, 2.45) is 0 Å². The highest BCUT2D eigenvalue weighted by molar-refractivity contribution is 7.15. The normalized spacial score (nSPS) is 11.2. The number of halogens is 1. The number of aryl methyl sites for hydroxylation is 1. The summed E-state index contributed by atoms with van der Waals surface area (Å²) < 4.78 is 3.49. The second kappa shape index (κ2) is 4.14. The first-order valence-electron chi connectivity index (χ1n) is 5.04. The summed E-state index contributed by atoms with van der Waals surface area (Å²) in [6, 6.07) is 1.49. The fourth-order valence-corrected chi connectivity index (χ4v) is 2.64. The van der Waals surface area contributed by atoms with Gasteiger partial charge in [-0.25, -0.2) is 4.98 Å². The van der Waals surface area contributed by atoms with E-state index in [0.717, 1.165) is 15.1 Å². The number of fused-ring (bicyclic) bond motifs is 1. The molecule has 0 aliphatic heterocycles. The first kappa shape index (κ1) is 11.3. The Kier molecular flexibility index (Phi) is 2.60. The zero-order valence-corrected chi connectivity index (χ0v) is 10.8. The highest BCUT2D eigenvalue weighted by atomic mass is 35.5. The van der Waals surface area contributed by atoms with Crippen LogP contribution in [0.1, 0.15) is 10.6 Å². The molecule has 0 bridgehead atoms. The lowest BCUT2D eigenvalue weighted by Gasteiger charge is -2.08. The molecule has 0 spiro atoms. The number of tetrazole rings is 1. The fourth-order valence-electron chi connectivity index (χ4n) is 1.68. The SMILES string of the molecule is Cc1cc(=O)n2nnnc2n1Cc1cnc(Cl)s1. The number of hydrogen-bond acceptors (Lipinski definition) is 6. The van der Waals surface area contributed by atoms with E-state index in [2.05, 4.69) is 20.5 Å². The van der Waals surface area contributed by atoms with Gasteiger partial charge in [0.25, 0.3) is 11.3 Å². The van der Waals surface area contributed by atoms with Crippen molar-refractivity contribution in [3.05, 3.63) is 37.7 Å². The Bertz CT molecular complexity index is 775. The summed E-state index contributed by atoms with van der Waals surface area (Å²) in [4.78, 5) is 16.6. The minimum absolute atomic E-state index is 0.244. The molecule has 0 radical (unpaired) electrons. The average Bonchev–Trinajstić information content (AvgIpc) is 2.93. The minimum Gasteiger partial charge on any atom is -0.308 e. The van der Waals surface area contributed by atoms with Gasteiger partial charge in [0.05, 0.1) is 6.54 Å². The first-order valence-corrected chi connectivity index (χ1v) is 6.23. The Morgan fingerprint density at radius 3 is 3.06 bits per heavy atom. The predicted octanol–water partition coefficient (Wildman–Crippen LogP) is 0.753. The van der Waals surface area contributed by atoms with Crippen LogP contribution in [0.15, 0.2) is 17.1 Å². The monoisotopic (exact) mass is 282 g/mol. The molecule has 3 heterocycles. The molecule has 0 saturated heterocycles. The van der Waals surface area contributed by atoms with E-state index in [1.54, 1.807) is 6.20 Å². The van der Waals surface area contributed by atoms with Crippen LogP contribution in [0.4, 0.5) is 0 Å². The van der Waals surface area contributed by atoms with Crippen LogP contribution in [0.25, 0.3) is 5.78 Å². The molecule has 0 aliphatic carbocycles. The molecule has 7 nitrogen and oxygen atoms in total. The second-order valence-corrected chi connectivity index (χ2v) is 5.38. The molecule has 18 heavy (non-hydrogen) atoms. The molecule has 0 amide bonds. The van der Waals surface area contributed by atoms with Gasteiger partial charge in [0, 0.05) is 22.8 Å². The van der Waals surface area contributed by atoms with Crippen molar-refractivity contribution in [1.29, 1.82) is 0 Å². The van der Waals surface area contributed by atoms with Crippen LogP contribution in [0.2, 0.25) is 4.47 Å². The van der Waals surface area contributed by atoms with Crippen molar-refractivity contribution in [2.75, 3.05) is 0 Å². The van der Waals surface area contributed by atoms with Gasteiger partial charge < -0.3 is 4.57 Å². The molecule has 3 aromatic heterocycles. The topological polar surface area (TPSA) is 78.0 Å². The van der Waals surface area contributed by atoms with E-state index >= 15 is 0 Å². The van der Waals surface area contributed by atoms with Gasteiger partial charge in [-0.15, -0.1) is 15.9 Å². The van der Waals surface area contributed by atoms with Crippen LogP contribution in [0, 0.1) is 6.92 Å². The third-order valence-electron chi connectivity index (χ3n) is 2.50. The van der Waals surface area contributed by atoms with Gasteiger partial charge in [-0.05, 0) is 17.4 Å². The molecule has 9 heteroatoms. The standard InChI is InChI=1S/C9H7ClN6OS/c1-5-2-7(17)16-9(12-13-14-16)15(5)4-6-3-11-8(10)18-6/h2-3H,4H2,1H3. The highest BCUT2D eigenvalue weighted by Crippen LogP contribution is 2.19. The number of nitrogens with zero attached hydrogens (tertiary/aromatic N) is 6. The van der Waals surface area contributed by atoms with Gasteiger partial charge >= 0.3 is 0 Å². The van der Waals surface area contributed by atoms with E-state index < -0.39 is 0 Å². The summed E-state index contributed by atoms with van der Waals surface area (Å²) in [6.07, 6.45) is 1.70. The third kappa shape index (κ3) is 1.79. The van der Waals surface area contributed by atoms with E-state index in [4.69, 9.17) is 11.6 Å². The molecule has 0 aromatic carbocycles. The van der Waals surface area contributed by atoms with Gasteiger partial charge in [-0.2, -0.15) is 0 Å². The van der Waals surface area contributed by atoms with Crippen molar-refractivity contribution in [3.63, 3.8) is 0 Å². The maximum Gasteiger partial charge on any atom is 0.277 e. The summed E-state index contributed by atoms with van der Waals surface area (Å²) in [5.74, 6) is 0.407. The van der Waals surface area contributed by atoms with Crippen LogP contribution in [-0.4, -0.2) is 29.6 Å².